The Morgan fingerprint density at radius 3 is 2.65 bits per heavy atom. The molecule has 0 radical (unpaired) electrons. The van der Waals surface area contributed by atoms with Gasteiger partial charge in [-0.05, 0) is 44.4 Å². The van der Waals surface area contributed by atoms with E-state index in [1.165, 1.54) is 18.4 Å². The Bertz CT molecular complexity index is 758. The number of aliphatic imine (C=N–C) groups is 1. The molecule has 1 aromatic heterocycles. The predicted octanol–water partition coefficient (Wildman–Crippen LogP) is 4.12. The maximum Gasteiger partial charge on any atom is 0.214 e. The number of nitrogens with zero attached hydrogens (tertiary/aromatic N) is 2. The third-order valence-corrected chi connectivity index (χ3v) is 5.53. The molecular formula is C20H27ClN4O. The van der Waals surface area contributed by atoms with Gasteiger partial charge in [0, 0.05) is 24.0 Å². The van der Waals surface area contributed by atoms with Gasteiger partial charge in [-0.2, -0.15) is 0 Å². The number of hydrogen-bond acceptors (Lipinski definition) is 3. The largest absolute Gasteiger partial charge is 0.444 e. The Morgan fingerprint density at radius 1 is 1.27 bits per heavy atom. The van der Waals surface area contributed by atoms with Crippen LogP contribution < -0.4 is 10.6 Å². The number of nitrogens with one attached hydrogen (secondary N) is 2. The lowest BCUT2D eigenvalue weighted by molar-refractivity contribution is 0.429. The molecule has 0 amide bonds. The van der Waals surface area contributed by atoms with Crippen LogP contribution in [-0.2, 0) is 12.0 Å². The highest BCUT2D eigenvalue weighted by atomic mass is 35.5. The van der Waals surface area contributed by atoms with Gasteiger partial charge in [-0.25, -0.2) is 4.98 Å². The van der Waals surface area contributed by atoms with E-state index in [1.54, 1.807) is 7.05 Å². The first-order valence-electron chi connectivity index (χ1n) is 9.16. The fourth-order valence-corrected chi connectivity index (χ4v) is 3.88. The van der Waals surface area contributed by atoms with Crippen molar-refractivity contribution in [1.29, 1.82) is 0 Å². The van der Waals surface area contributed by atoms with Crippen molar-refractivity contribution in [3.8, 4) is 0 Å². The van der Waals surface area contributed by atoms with Crippen molar-refractivity contribution in [2.24, 2.45) is 4.99 Å². The van der Waals surface area contributed by atoms with Gasteiger partial charge in [-0.1, -0.05) is 36.6 Å². The van der Waals surface area contributed by atoms with E-state index in [-0.39, 0.29) is 5.41 Å². The minimum absolute atomic E-state index is 0.110. The number of oxazole rings is 1. The minimum Gasteiger partial charge on any atom is -0.444 e. The van der Waals surface area contributed by atoms with Crippen molar-refractivity contribution in [2.45, 2.75) is 51.5 Å². The minimum atomic E-state index is 0.110. The summed E-state index contributed by atoms with van der Waals surface area (Å²) in [5.74, 6) is 2.29. The Hall–Kier alpha value is -2.01. The zero-order valence-corrected chi connectivity index (χ0v) is 16.5. The molecule has 6 heteroatoms. The molecule has 0 unspecified atom stereocenters. The number of hydrogen-bond donors (Lipinski definition) is 2. The molecule has 140 valence electrons. The molecule has 0 aliphatic heterocycles. The standard InChI is InChI=1S/C20H27ClN4O/c1-14-15(2)26-18(25-14)12-23-19(22-3)24-13-20(9-4-5-10-20)16-7-6-8-17(21)11-16/h6-8,11H,4-5,9-10,12-13H2,1-3H3,(H2,22,23,24). The van der Waals surface area contributed by atoms with E-state index in [0.717, 1.165) is 41.8 Å². The molecule has 2 N–H and O–H groups in total. The van der Waals surface area contributed by atoms with Gasteiger partial charge in [-0.15, -0.1) is 0 Å². The topological polar surface area (TPSA) is 62.5 Å². The lowest BCUT2D eigenvalue weighted by atomic mass is 9.79. The highest BCUT2D eigenvalue weighted by molar-refractivity contribution is 6.30. The van der Waals surface area contributed by atoms with Crippen LogP contribution in [0, 0.1) is 13.8 Å². The van der Waals surface area contributed by atoms with E-state index in [4.69, 9.17) is 16.0 Å². The molecule has 1 aliphatic rings. The smallest absolute Gasteiger partial charge is 0.214 e. The van der Waals surface area contributed by atoms with Crippen LogP contribution in [0.1, 0.15) is 48.6 Å². The first kappa shape index (κ1) is 18.8. The first-order valence-corrected chi connectivity index (χ1v) is 9.54. The van der Waals surface area contributed by atoms with Gasteiger partial charge in [0.05, 0.1) is 12.2 Å². The van der Waals surface area contributed by atoms with Gasteiger partial charge in [0.25, 0.3) is 0 Å². The van der Waals surface area contributed by atoms with Crippen LogP contribution in [0.3, 0.4) is 0 Å². The second-order valence-corrected chi connectivity index (χ2v) is 7.46. The van der Waals surface area contributed by atoms with Crippen LogP contribution >= 0.6 is 11.6 Å². The zero-order chi connectivity index (χ0) is 18.6. The van der Waals surface area contributed by atoms with Crippen LogP contribution in [0.5, 0.6) is 0 Å². The molecule has 1 fully saturated rings. The van der Waals surface area contributed by atoms with Gasteiger partial charge < -0.3 is 15.1 Å². The predicted molar refractivity (Wildman–Crippen MR) is 106 cm³/mol. The highest BCUT2D eigenvalue weighted by Gasteiger charge is 2.35. The SMILES string of the molecule is CN=C(NCc1nc(C)c(C)o1)NCC1(c2cccc(Cl)c2)CCCC1. The summed E-state index contributed by atoms with van der Waals surface area (Å²) in [5, 5.41) is 7.57. The van der Waals surface area contributed by atoms with E-state index < -0.39 is 0 Å². The van der Waals surface area contributed by atoms with E-state index in [9.17, 15) is 0 Å². The summed E-state index contributed by atoms with van der Waals surface area (Å²) in [6.07, 6.45) is 4.81. The highest BCUT2D eigenvalue weighted by Crippen LogP contribution is 2.41. The number of guanidine groups is 1. The molecule has 26 heavy (non-hydrogen) atoms. The molecule has 0 atom stereocenters. The normalized spacial score (nSPS) is 16.7. The summed E-state index contributed by atoms with van der Waals surface area (Å²) in [4.78, 5) is 8.73. The molecule has 5 nitrogen and oxygen atoms in total. The van der Waals surface area contributed by atoms with Gasteiger partial charge in [0.1, 0.15) is 5.76 Å². The molecule has 3 rings (SSSR count). The summed E-state index contributed by atoms with van der Waals surface area (Å²) in [5.41, 5.74) is 2.35. The van der Waals surface area contributed by atoms with Crippen LogP contribution in [0.2, 0.25) is 5.02 Å². The van der Waals surface area contributed by atoms with E-state index in [1.807, 2.05) is 26.0 Å². The van der Waals surface area contributed by atoms with Crippen LogP contribution in [0.15, 0.2) is 33.7 Å². The van der Waals surface area contributed by atoms with Crippen molar-refractivity contribution < 1.29 is 4.42 Å². The fourth-order valence-electron chi connectivity index (χ4n) is 3.69. The van der Waals surface area contributed by atoms with E-state index in [0.29, 0.717) is 12.4 Å². The Morgan fingerprint density at radius 2 is 2.04 bits per heavy atom. The number of benzene rings is 1. The van der Waals surface area contributed by atoms with Crippen molar-refractivity contribution in [3.05, 3.63) is 52.2 Å². The molecule has 1 aromatic carbocycles. The van der Waals surface area contributed by atoms with Crippen LogP contribution in [0.25, 0.3) is 0 Å². The van der Waals surface area contributed by atoms with Gasteiger partial charge in [0.15, 0.2) is 5.96 Å². The average molecular weight is 375 g/mol. The maximum atomic E-state index is 6.23. The van der Waals surface area contributed by atoms with E-state index in [2.05, 4.69) is 32.7 Å². The summed E-state index contributed by atoms with van der Waals surface area (Å²) in [7, 11) is 1.78. The summed E-state index contributed by atoms with van der Waals surface area (Å²) in [6.45, 7) is 5.22. The van der Waals surface area contributed by atoms with Crippen molar-refractivity contribution in [1.82, 2.24) is 15.6 Å². The second kappa shape index (κ2) is 8.12. The molecule has 2 aromatic rings. The summed E-state index contributed by atoms with van der Waals surface area (Å²) in [6, 6.07) is 8.26. The van der Waals surface area contributed by atoms with E-state index >= 15 is 0 Å². The third-order valence-electron chi connectivity index (χ3n) is 5.30. The molecule has 0 spiro atoms. The maximum absolute atomic E-state index is 6.23. The first-order chi connectivity index (χ1) is 12.5. The number of aromatic nitrogens is 1. The molecular weight excluding hydrogens is 348 g/mol. The molecule has 0 saturated heterocycles. The Kier molecular flexibility index (Phi) is 5.87. The molecule has 0 bridgehead atoms. The van der Waals surface area contributed by atoms with Gasteiger partial charge in [0.2, 0.25) is 5.89 Å². The monoisotopic (exact) mass is 374 g/mol. The van der Waals surface area contributed by atoms with Gasteiger partial charge >= 0.3 is 0 Å². The molecule has 1 aliphatic carbocycles. The fraction of sp³-hybridized carbons (Fsp3) is 0.500. The second-order valence-electron chi connectivity index (χ2n) is 7.03. The van der Waals surface area contributed by atoms with Crippen molar-refractivity contribution in [3.63, 3.8) is 0 Å². The average Bonchev–Trinajstić information content (AvgIpc) is 3.23. The Labute approximate surface area is 160 Å². The lowest BCUT2D eigenvalue weighted by Gasteiger charge is -2.31. The Balaban J connectivity index is 1.64. The third kappa shape index (κ3) is 4.21. The number of halogens is 1. The number of aryl methyl sites for hydroxylation is 2. The van der Waals surface area contributed by atoms with Crippen molar-refractivity contribution in [2.75, 3.05) is 13.6 Å². The van der Waals surface area contributed by atoms with Crippen LogP contribution in [0.4, 0.5) is 0 Å². The van der Waals surface area contributed by atoms with Crippen molar-refractivity contribution >= 4 is 17.6 Å². The summed E-state index contributed by atoms with van der Waals surface area (Å²) >= 11 is 6.23. The zero-order valence-electron chi connectivity index (χ0n) is 15.7. The lowest BCUT2D eigenvalue weighted by Crippen LogP contribution is -2.44. The summed E-state index contributed by atoms with van der Waals surface area (Å²) < 4.78 is 5.62. The molecule has 1 saturated carbocycles. The number of rotatable bonds is 5. The quantitative estimate of drug-likeness (QED) is 0.610. The van der Waals surface area contributed by atoms with Crippen LogP contribution in [-0.4, -0.2) is 24.5 Å². The van der Waals surface area contributed by atoms with Gasteiger partial charge in [-0.3, -0.25) is 4.99 Å². The molecule has 1 heterocycles.